The molecule has 1 heterocycles. The van der Waals surface area contributed by atoms with Crippen LogP contribution in [0, 0.1) is 0 Å². The third-order valence-electron chi connectivity index (χ3n) is 5.34. The van der Waals surface area contributed by atoms with E-state index in [0.717, 1.165) is 15.7 Å². The first-order valence-corrected chi connectivity index (χ1v) is 9.97. The molecule has 158 valence electrons. The molecule has 0 unspecified atom stereocenters. The van der Waals surface area contributed by atoms with Gasteiger partial charge in [0.1, 0.15) is 17.8 Å². The molecule has 7 nitrogen and oxygen atoms in total. The molecule has 1 aliphatic heterocycles. The fraction of sp³-hybridized carbons (Fsp3) is 0.174. The van der Waals surface area contributed by atoms with Gasteiger partial charge in [-0.15, -0.1) is 0 Å². The number of amides is 4. The van der Waals surface area contributed by atoms with Crippen LogP contribution < -0.4 is 15.4 Å². The Kier molecular flexibility index (Phi) is 5.29. The third-order valence-corrected chi connectivity index (χ3v) is 5.58. The maximum absolute atomic E-state index is 13.3. The number of benzene rings is 3. The molecule has 1 fully saturated rings. The number of ether oxygens (including phenoxy) is 1. The Morgan fingerprint density at radius 2 is 1.87 bits per heavy atom. The lowest BCUT2D eigenvalue weighted by atomic mass is 9.88. The maximum Gasteiger partial charge on any atom is 0.325 e. The topological polar surface area (TPSA) is 87.7 Å². The second-order valence-corrected chi connectivity index (χ2v) is 7.80. The number of halogens is 1. The molecule has 0 bridgehead atoms. The number of carbonyl (C=O) groups excluding carboxylic acids is 3. The van der Waals surface area contributed by atoms with Gasteiger partial charge in [-0.2, -0.15) is 0 Å². The predicted molar refractivity (Wildman–Crippen MR) is 118 cm³/mol. The van der Waals surface area contributed by atoms with E-state index in [1.807, 2.05) is 36.4 Å². The van der Waals surface area contributed by atoms with Crippen molar-refractivity contribution in [2.24, 2.45) is 0 Å². The standard InChI is InChI=1S/C23H20ClN3O4/c1-23(17-9-5-7-14-6-3-4-8-16(14)17)21(29)27(22(30)26-23)13-20(28)25-18-12-15(24)10-11-19(18)31-2/h3-12H,13H2,1-2H3,(H,25,28)(H,26,30)/t23-/m0/s1. The van der Waals surface area contributed by atoms with E-state index >= 15 is 0 Å². The van der Waals surface area contributed by atoms with Crippen LogP contribution >= 0.6 is 11.6 Å². The Labute approximate surface area is 183 Å². The number of hydrogen-bond acceptors (Lipinski definition) is 4. The first kappa shape index (κ1) is 20.7. The number of carbonyl (C=O) groups is 3. The number of methoxy groups -OCH3 is 1. The summed E-state index contributed by atoms with van der Waals surface area (Å²) in [4.78, 5) is 39.4. The van der Waals surface area contributed by atoms with Crippen LogP contribution in [0.2, 0.25) is 5.02 Å². The van der Waals surface area contributed by atoms with E-state index in [2.05, 4.69) is 10.6 Å². The van der Waals surface area contributed by atoms with Crippen LogP contribution in [0.3, 0.4) is 0 Å². The van der Waals surface area contributed by atoms with Crippen molar-refractivity contribution in [3.8, 4) is 5.75 Å². The molecule has 8 heteroatoms. The first-order chi connectivity index (χ1) is 14.8. The number of fused-ring (bicyclic) bond motifs is 1. The number of rotatable bonds is 5. The summed E-state index contributed by atoms with van der Waals surface area (Å²) in [6, 6.07) is 17.3. The average Bonchev–Trinajstić information content (AvgIpc) is 2.97. The van der Waals surface area contributed by atoms with Crippen molar-refractivity contribution in [3.05, 3.63) is 71.2 Å². The van der Waals surface area contributed by atoms with Crippen LogP contribution in [0.25, 0.3) is 10.8 Å². The van der Waals surface area contributed by atoms with Crippen molar-refractivity contribution in [2.45, 2.75) is 12.5 Å². The number of imide groups is 1. The monoisotopic (exact) mass is 437 g/mol. The molecule has 1 saturated heterocycles. The molecular weight excluding hydrogens is 418 g/mol. The van der Waals surface area contributed by atoms with Crippen molar-refractivity contribution in [1.82, 2.24) is 10.2 Å². The fourth-order valence-electron chi connectivity index (χ4n) is 3.80. The van der Waals surface area contributed by atoms with Gasteiger partial charge in [-0.05, 0) is 41.5 Å². The van der Waals surface area contributed by atoms with E-state index in [1.54, 1.807) is 25.1 Å². The number of nitrogens with zero attached hydrogens (tertiary/aromatic N) is 1. The molecule has 1 atom stereocenters. The van der Waals surface area contributed by atoms with Gasteiger partial charge in [0.05, 0.1) is 12.8 Å². The zero-order valence-corrected chi connectivity index (χ0v) is 17.7. The molecule has 0 spiro atoms. The Morgan fingerprint density at radius 1 is 1.13 bits per heavy atom. The van der Waals surface area contributed by atoms with Crippen molar-refractivity contribution in [1.29, 1.82) is 0 Å². The predicted octanol–water partition coefficient (Wildman–Crippen LogP) is 3.91. The minimum absolute atomic E-state index is 0.351. The summed E-state index contributed by atoms with van der Waals surface area (Å²) in [6.07, 6.45) is 0. The van der Waals surface area contributed by atoms with E-state index in [-0.39, 0.29) is 0 Å². The minimum atomic E-state index is -1.29. The van der Waals surface area contributed by atoms with Gasteiger partial charge in [-0.3, -0.25) is 14.5 Å². The van der Waals surface area contributed by atoms with Crippen molar-refractivity contribution < 1.29 is 19.1 Å². The molecular formula is C23H20ClN3O4. The average molecular weight is 438 g/mol. The van der Waals surface area contributed by atoms with Gasteiger partial charge in [0.15, 0.2) is 0 Å². The SMILES string of the molecule is COc1ccc(Cl)cc1NC(=O)CN1C(=O)N[C@@](C)(c2cccc3ccccc23)C1=O. The highest BCUT2D eigenvalue weighted by atomic mass is 35.5. The summed E-state index contributed by atoms with van der Waals surface area (Å²) >= 11 is 5.99. The molecule has 31 heavy (non-hydrogen) atoms. The molecule has 4 rings (SSSR count). The Balaban J connectivity index is 1.59. The number of urea groups is 1. The quantitative estimate of drug-likeness (QED) is 0.592. The lowest BCUT2D eigenvalue weighted by Crippen LogP contribution is -2.42. The van der Waals surface area contributed by atoms with Crippen LogP contribution in [0.1, 0.15) is 12.5 Å². The van der Waals surface area contributed by atoms with Gasteiger partial charge in [-0.25, -0.2) is 4.79 Å². The smallest absolute Gasteiger partial charge is 0.325 e. The van der Waals surface area contributed by atoms with Crippen LogP contribution in [-0.4, -0.2) is 36.4 Å². The highest BCUT2D eigenvalue weighted by Crippen LogP contribution is 2.34. The number of anilines is 1. The zero-order valence-electron chi connectivity index (χ0n) is 16.9. The van der Waals surface area contributed by atoms with E-state index in [1.165, 1.54) is 13.2 Å². The van der Waals surface area contributed by atoms with E-state index in [4.69, 9.17) is 16.3 Å². The van der Waals surface area contributed by atoms with Gasteiger partial charge < -0.3 is 15.4 Å². The van der Waals surface area contributed by atoms with E-state index in [0.29, 0.717) is 22.0 Å². The van der Waals surface area contributed by atoms with Crippen molar-refractivity contribution in [2.75, 3.05) is 19.0 Å². The number of nitrogens with one attached hydrogen (secondary N) is 2. The van der Waals surface area contributed by atoms with Gasteiger partial charge >= 0.3 is 6.03 Å². The highest BCUT2D eigenvalue weighted by Gasteiger charge is 2.50. The molecule has 1 aliphatic rings. The van der Waals surface area contributed by atoms with Crippen LogP contribution in [0.15, 0.2) is 60.7 Å². The molecule has 2 N–H and O–H groups in total. The molecule has 3 aromatic carbocycles. The Morgan fingerprint density at radius 3 is 2.65 bits per heavy atom. The van der Waals surface area contributed by atoms with Crippen LogP contribution in [0.4, 0.5) is 10.5 Å². The van der Waals surface area contributed by atoms with Crippen LogP contribution in [-0.2, 0) is 15.1 Å². The molecule has 0 radical (unpaired) electrons. The second kappa shape index (κ2) is 7.92. The minimum Gasteiger partial charge on any atom is -0.495 e. The zero-order chi connectivity index (χ0) is 22.2. The lowest BCUT2D eigenvalue weighted by molar-refractivity contribution is -0.133. The van der Waals surface area contributed by atoms with Crippen molar-refractivity contribution >= 4 is 45.9 Å². The summed E-state index contributed by atoms with van der Waals surface area (Å²) in [5.41, 5.74) is -0.265. The van der Waals surface area contributed by atoms with Crippen LogP contribution in [0.5, 0.6) is 5.75 Å². The van der Waals surface area contributed by atoms with Crippen molar-refractivity contribution in [3.63, 3.8) is 0 Å². The molecule has 4 amide bonds. The van der Waals surface area contributed by atoms with Gasteiger partial charge in [0.25, 0.3) is 5.91 Å². The third kappa shape index (κ3) is 3.68. The molecule has 3 aromatic rings. The summed E-state index contributed by atoms with van der Waals surface area (Å²) < 4.78 is 5.21. The molecule has 0 aromatic heterocycles. The lowest BCUT2D eigenvalue weighted by Gasteiger charge is -2.24. The summed E-state index contributed by atoms with van der Waals surface area (Å²) in [5, 5.41) is 7.62. The van der Waals surface area contributed by atoms with Gasteiger partial charge in [0, 0.05) is 5.02 Å². The molecule has 0 saturated carbocycles. The number of hydrogen-bond donors (Lipinski definition) is 2. The molecule has 0 aliphatic carbocycles. The first-order valence-electron chi connectivity index (χ1n) is 9.59. The van der Waals surface area contributed by atoms with E-state index in [9.17, 15) is 14.4 Å². The largest absolute Gasteiger partial charge is 0.495 e. The summed E-state index contributed by atoms with van der Waals surface area (Å²) in [5.74, 6) is -0.635. The summed E-state index contributed by atoms with van der Waals surface area (Å²) in [6.45, 7) is 1.20. The normalized spacial score (nSPS) is 18.2. The maximum atomic E-state index is 13.3. The van der Waals surface area contributed by atoms with Gasteiger partial charge in [0.2, 0.25) is 5.91 Å². The Bertz CT molecular complexity index is 1210. The Hall–Kier alpha value is -3.58. The summed E-state index contributed by atoms with van der Waals surface area (Å²) in [7, 11) is 1.46. The second-order valence-electron chi connectivity index (χ2n) is 7.37. The highest BCUT2D eigenvalue weighted by molar-refractivity contribution is 6.31. The van der Waals surface area contributed by atoms with Gasteiger partial charge in [-0.1, -0.05) is 54.1 Å². The fourth-order valence-corrected chi connectivity index (χ4v) is 3.97. The van der Waals surface area contributed by atoms with E-state index < -0.39 is 29.9 Å².